The number of anilines is 1. The van der Waals surface area contributed by atoms with Crippen molar-refractivity contribution in [3.05, 3.63) is 57.6 Å². The van der Waals surface area contributed by atoms with E-state index in [1.54, 1.807) is 12.1 Å². The molecule has 2 aromatic rings. The Balaban J connectivity index is 2.12. The van der Waals surface area contributed by atoms with Crippen LogP contribution in [0.2, 0.25) is 0 Å². The third kappa shape index (κ3) is 6.31. The molecule has 0 fully saturated rings. The van der Waals surface area contributed by atoms with E-state index in [0.717, 1.165) is 34.1 Å². The van der Waals surface area contributed by atoms with E-state index < -0.39 is 0 Å². The van der Waals surface area contributed by atoms with Gasteiger partial charge in [-0.3, -0.25) is 10.1 Å². The molecule has 0 heterocycles. The second kappa shape index (κ2) is 10.6. The summed E-state index contributed by atoms with van der Waals surface area (Å²) in [6.07, 6.45) is 1.80. The van der Waals surface area contributed by atoms with Crippen LogP contribution >= 0.6 is 28.1 Å². The van der Waals surface area contributed by atoms with Crippen LogP contribution < -0.4 is 15.4 Å². The van der Waals surface area contributed by atoms with Crippen LogP contribution in [0.25, 0.3) is 0 Å². The number of amides is 1. The Kier molecular flexibility index (Phi) is 8.45. The Labute approximate surface area is 181 Å². The molecule has 0 radical (unpaired) electrons. The van der Waals surface area contributed by atoms with Crippen molar-refractivity contribution in [1.82, 2.24) is 5.32 Å². The standard InChI is InChI=1S/C22H27BrN2O2S/c1-5-16-8-6-7-15(4)20(16)24-22(28)25-21(26)18-13-17(23)9-10-19(18)27-12-11-14(2)3/h6-10,13-14H,5,11-12H2,1-4H3,(H2,24,25,26,28). The summed E-state index contributed by atoms with van der Waals surface area (Å²) < 4.78 is 6.64. The fourth-order valence-corrected chi connectivity index (χ4v) is 3.28. The highest BCUT2D eigenvalue weighted by Crippen LogP contribution is 2.24. The van der Waals surface area contributed by atoms with Crippen LogP contribution in [0.4, 0.5) is 5.69 Å². The molecule has 0 atom stereocenters. The molecule has 0 aliphatic rings. The summed E-state index contributed by atoms with van der Waals surface area (Å²) in [4.78, 5) is 12.8. The lowest BCUT2D eigenvalue weighted by atomic mass is 10.1. The molecule has 6 heteroatoms. The maximum Gasteiger partial charge on any atom is 0.261 e. The summed E-state index contributed by atoms with van der Waals surface area (Å²) in [7, 11) is 0. The third-order valence-electron chi connectivity index (χ3n) is 4.34. The molecule has 2 aromatic carbocycles. The number of carbonyl (C=O) groups is 1. The summed E-state index contributed by atoms with van der Waals surface area (Å²) in [5.41, 5.74) is 3.62. The van der Waals surface area contributed by atoms with Crippen molar-refractivity contribution in [2.24, 2.45) is 5.92 Å². The van der Waals surface area contributed by atoms with E-state index in [4.69, 9.17) is 17.0 Å². The third-order valence-corrected chi connectivity index (χ3v) is 5.04. The molecule has 1 amide bonds. The molecule has 150 valence electrons. The lowest BCUT2D eigenvalue weighted by Gasteiger charge is -2.16. The Hall–Kier alpha value is -1.92. The van der Waals surface area contributed by atoms with Gasteiger partial charge in [0.1, 0.15) is 5.75 Å². The molecule has 4 nitrogen and oxygen atoms in total. The predicted octanol–water partition coefficient (Wildman–Crippen LogP) is 5.87. The van der Waals surface area contributed by atoms with E-state index >= 15 is 0 Å². The summed E-state index contributed by atoms with van der Waals surface area (Å²) >= 11 is 8.80. The van der Waals surface area contributed by atoms with Crippen LogP contribution in [0, 0.1) is 12.8 Å². The van der Waals surface area contributed by atoms with Crippen LogP contribution in [0.3, 0.4) is 0 Å². The molecule has 0 bridgehead atoms. The normalized spacial score (nSPS) is 10.6. The number of nitrogens with one attached hydrogen (secondary N) is 2. The molecule has 0 aromatic heterocycles. The molecule has 0 aliphatic carbocycles. The van der Waals surface area contributed by atoms with Gasteiger partial charge in [0.2, 0.25) is 0 Å². The van der Waals surface area contributed by atoms with Crippen molar-refractivity contribution in [1.29, 1.82) is 0 Å². The Morgan fingerprint density at radius 1 is 1.25 bits per heavy atom. The number of thiocarbonyl (C=S) groups is 1. The average molecular weight is 463 g/mol. The summed E-state index contributed by atoms with van der Waals surface area (Å²) in [6, 6.07) is 11.5. The predicted molar refractivity (Wildman–Crippen MR) is 123 cm³/mol. The van der Waals surface area contributed by atoms with E-state index in [1.165, 1.54) is 0 Å². The largest absolute Gasteiger partial charge is 0.493 e. The number of benzene rings is 2. The van der Waals surface area contributed by atoms with E-state index in [0.29, 0.717) is 23.8 Å². The Bertz CT molecular complexity index is 852. The Morgan fingerprint density at radius 3 is 2.68 bits per heavy atom. The molecule has 2 rings (SSSR count). The summed E-state index contributed by atoms with van der Waals surface area (Å²) in [5, 5.41) is 6.21. The van der Waals surface area contributed by atoms with Crippen LogP contribution in [0.15, 0.2) is 40.9 Å². The fourth-order valence-electron chi connectivity index (χ4n) is 2.73. The molecule has 0 spiro atoms. The second-order valence-electron chi connectivity index (χ2n) is 7.04. The highest BCUT2D eigenvalue weighted by Gasteiger charge is 2.16. The van der Waals surface area contributed by atoms with Gasteiger partial charge in [-0.05, 0) is 67.2 Å². The first kappa shape index (κ1) is 22.4. The zero-order chi connectivity index (χ0) is 20.7. The summed E-state index contributed by atoms with van der Waals surface area (Å²) in [5.74, 6) is 0.783. The van der Waals surface area contributed by atoms with Gasteiger partial charge in [0.05, 0.1) is 12.2 Å². The van der Waals surface area contributed by atoms with Gasteiger partial charge in [-0.2, -0.15) is 0 Å². The molecule has 0 unspecified atom stereocenters. The maximum absolute atomic E-state index is 12.8. The van der Waals surface area contributed by atoms with Gasteiger partial charge in [-0.1, -0.05) is 54.9 Å². The molecule has 2 N–H and O–H groups in total. The number of carbonyl (C=O) groups excluding carboxylic acids is 1. The zero-order valence-corrected chi connectivity index (χ0v) is 19.2. The topological polar surface area (TPSA) is 50.4 Å². The van der Waals surface area contributed by atoms with Gasteiger partial charge in [0.15, 0.2) is 5.11 Å². The Morgan fingerprint density at radius 2 is 2.00 bits per heavy atom. The minimum atomic E-state index is -0.301. The van der Waals surface area contributed by atoms with Crippen molar-refractivity contribution < 1.29 is 9.53 Å². The van der Waals surface area contributed by atoms with Crippen molar-refractivity contribution in [2.75, 3.05) is 11.9 Å². The first-order valence-electron chi connectivity index (χ1n) is 9.45. The first-order valence-corrected chi connectivity index (χ1v) is 10.6. The van der Waals surface area contributed by atoms with E-state index in [-0.39, 0.29) is 11.0 Å². The maximum atomic E-state index is 12.8. The lowest BCUT2D eigenvalue weighted by molar-refractivity contribution is 0.0973. The van der Waals surface area contributed by atoms with Crippen LogP contribution in [0.1, 0.15) is 48.7 Å². The van der Waals surface area contributed by atoms with Gasteiger partial charge in [0, 0.05) is 10.2 Å². The molecular formula is C22H27BrN2O2S. The zero-order valence-electron chi connectivity index (χ0n) is 16.8. The van der Waals surface area contributed by atoms with Crippen LogP contribution in [-0.2, 0) is 6.42 Å². The number of ether oxygens (including phenoxy) is 1. The highest BCUT2D eigenvalue weighted by atomic mass is 79.9. The van der Waals surface area contributed by atoms with Gasteiger partial charge in [-0.15, -0.1) is 0 Å². The minimum absolute atomic E-state index is 0.266. The van der Waals surface area contributed by atoms with Crippen LogP contribution in [-0.4, -0.2) is 17.6 Å². The number of halogens is 1. The van der Waals surface area contributed by atoms with E-state index in [2.05, 4.69) is 53.4 Å². The van der Waals surface area contributed by atoms with Crippen molar-refractivity contribution in [2.45, 2.75) is 40.5 Å². The molecule has 0 saturated heterocycles. The number of hydrogen-bond donors (Lipinski definition) is 2. The van der Waals surface area contributed by atoms with Crippen molar-refractivity contribution >= 4 is 44.9 Å². The van der Waals surface area contributed by atoms with Gasteiger partial charge >= 0.3 is 0 Å². The first-order chi connectivity index (χ1) is 13.3. The van der Waals surface area contributed by atoms with Gasteiger partial charge in [0.25, 0.3) is 5.91 Å². The second-order valence-corrected chi connectivity index (χ2v) is 8.37. The summed E-state index contributed by atoms with van der Waals surface area (Å²) in [6.45, 7) is 8.94. The number of rotatable bonds is 7. The molecule has 0 aliphatic heterocycles. The lowest BCUT2D eigenvalue weighted by Crippen LogP contribution is -2.34. The van der Waals surface area contributed by atoms with Crippen LogP contribution in [0.5, 0.6) is 5.75 Å². The molecule has 0 saturated carbocycles. The number of para-hydroxylation sites is 1. The van der Waals surface area contributed by atoms with Crippen molar-refractivity contribution in [3.8, 4) is 5.75 Å². The fraction of sp³-hybridized carbons (Fsp3) is 0.364. The smallest absolute Gasteiger partial charge is 0.261 e. The van der Waals surface area contributed by atoms with E-state index in [9.17, 15) is 4.79 Å². The van der Waals surface area contributed by atoms with Gasteiger partial charge < -0.3 is 10.1 Å². The quantitative estimate of drug-likeness (QED) is 0.504. The number of aryl methyl sites for hydroxylation is 2. The van der Waals surface area contributed by atoms with Gasteiger partial charge in [-0.25, -0.2) is 0 Å². The van der Waals surface area contributed by atoms with Crippen molar-refractivity contribution in [3.63, 3.8) is 0 Å². The monoisotopic (exact) mass is 462 g/mol. The SMILES string of the molecule is CCc1cccc(C)c1NC(=S)NC(=O)c1cc(Br)ccc1OCCC(C)C. The number of hydrogen-bond acceptors (Lipinski definition) is 3. The average Bonchev–Trinajstić information content (AvgIpc) is 2.64. The van der Waals surface area contributed by atoms with E-state index in [1.807, 2.05) is 25.1 Å². The molecular weight excluding hydrogens is 436 g/mol. The molecule has 28 heavy (non-hydrogen) atoms. The minimum Gasteiger partial charge on any atom is -0.493 e. The highest BCUT2D eigenvalue weighted by molar-refractivity contribution is 9.10.